The minimum atomic E-state index is -0.229. The van der Waals surface area contributed by atoms with Crippen LogP contribution in [0, 0.1) is 5.92 Å². The lowest BCUT2D eigenvalue weighted by Crippen LogP contribution is -2.35. The predicted molar refractivity (Wildman–Crippen MR) is 82.6 cm³/mol. The highest BCUT2D eigenvalue weighted by atomic mass is 35.5. The zero-order chi connectivity index (χ0) is 14.7. The fraction of sp³-hybridized carbons (Fsp3) is 0.714. The molecule has 0 bridgehead atoms. The van der Waals surface area contributed by atoms with E-state index in [-0.39, 0.29) is 16.6 Å². The molecule has 1 fully saturated rings. The van der Waals surface area contributed by atoms with Gasteiger partial charge in [-0.25, -0.2) is 4.68 Å². The Kier molecular flexibility index (Phi) is 5.05. The number of nitrogens with one attached hydrogen (secondary N) is 1. The van der Waals surface area contributed by atoms with Crippen molar-refractivity contribution >= 4 is 17.3 Å². The molecule has 5 nitrogen and oxygen atoms in total. The molecular formula is C14H23ClN4O. The maximum atomic E-state index is 12.1. The van der Waals surface area contributed by atoms with E-state index in [1.807, 2.05) is 13.8 Å². The van der Waals surface area contributed by atoms with Crippen molar-refractivity contribution in [2.45, 2.75) is 32.7 Å². The summed E-state index contributed by atoms with van der Waals surface area (Å²) in [6, 6.07) is 0.0149. The molecule has 2 heterocycles. The van der Waals surface area contributed by atoms with Gasteiger partial charge in [-0.05, 0) is 46.2 Å². The fourth-order valence-electron chi connectivity index (χ4n) is 2.63. The molecule has 1 unspecified atom stereocenters. The van der Waals surface area contributed by atoms with E-state index >= 15 is 0 Å². The van der Waals surface area contributed by atoms with E-state index in [1.54, 1.807) is 6.20 Å². The summed E-state index contributed by atoms with van der Waals surface area (Å²) >= 11 is 6.14. The second kappa shape index (κ2) is 6.59. The smallest absolute Gasteiger partial charge is 0.287 e. The van der Waals surface area contributed by atoms with Gasteiger partial charge in [0.1, 0.15) is 5.02 Å². The molecule has 1 atom stereocenters. The SMILES string of the molecule is CC(C)n1ncc(NCC2CCCN(C)C2)c(Cl)c1=O. The van der Waals surface area contributed by atoms with Crippen molar-refractivity contribution in [2.75, 3.05) is 32.0 Å². The third-order valence-electron chi connectivity index (χ3n) is 3.74. The third kappa shape index (κ3) is 3.52. The van der Waals surface area contributed by atoms with Crippen LogP contribution in [0.25, 0.3) is 0 Å². The summed E-state index contributed by atoms with van der Waals surface area (Å²) in [5, 5.41) is 7.67. The zero-order valence-electron chi connectivity index (χ0n) is 12.4. The lowest BCUT2D eigenvalue weighted by molar-refractivity contribution is 0.217. The van der Waals surface area contributed by atoms with E-state index in [0.717, 1.165) is 13.1 Å². The monoisotopic (exact) mass is 298 g/mol. The molecule has 0 aromatic carbocycles. The first-order valence-corrected chi connectivity index (χ1v) is 7.56. The van der Waals surface area contributed by atoms with Gasteiger partial charge in [0.25, 0.3) is 5.56 Å². The van der Waals surface area contributed by atoms with Gasteiger partial charge in [0.15, 0.2) is 0 Å². The van der Waals surface area contributed by atoms with Crippen LogP contribution in [0.1, 0.15) is 32.7 Å². The summed E-state index contributed by atoms with van der Waals surface area (Å²) in [5.74, 6) is 0.595. The average molecular weight is 299 g/mol. The van der Waals surface area contributed by atoms with Gasteiger partial charge in [-0.2, -0.15) is 5.10 Å². The quantitative estimate of drug-likeness (QED) is 0.926. The van der Waals surface area contributed by atoms with Crippen LogP contribution in [0.2, 0.25) is 5.02 Å². The normalized spacial score (nSPS) is 20.4. The molecule has 1 aromatic rings. The van der Waals surface area contributed by atoms with Crippen LogP contribution in [0.4, 0.5) is 5.69 Å². The van der Waals surface area contributed by atoms with E-state index in [9.17, 15) is 4.79 Å². The number of hydrogen-bond acceptors (Lipinski definition) is 4. The van der Waals surface area contributed by atoms with Gasteiger partial charge >= 0.3 is 0 Å². The summed E-state index contributed by atoms with van der Waals surface area (Å²) in [5.41, 5.74) is 0.411. The Hall–Kier alpha value is -1.07. The van der Waals surface area contributed by atoms with E-state index in [2.05, 4.69) is 22.4 Å². The molecule has 0 spiro atoms. The van der Waals surface area contributed by atoms with Gasteiger partial charge in [0.05, 0.1) is 17.9 Å². The summed E-state index contributed by atoms with van der Waals surface area (Å²) in [4.78, 5) is 14.4. The Morgan fingerprint density at radius 1 is 1.55 bits per heavy atom. The number of aromatic nitrogens is 2. The number of piperidine rings is 1. The maximum absolute atomic E-state index is 12.1. The molecule has 1 N–H and O–H groups in total. The molecular weight excluding hydrogens is 276 g/mol. The van der Waals surface area contributed by atoms with Gasteiger partial charge in [-0.3, -0.25) is 4.79 Å². The van der Waals surface area contributed by atoms with Crippen molar-refractivity contribution in [1.82, 2.24) is 14.7 Å². The predicted octanol–water partition coefficient (Wildman–Crippen LogP) is 2.23. The number of likely N-dealkylation sites (tertiary alicyclic amines) is 1. The number of hydrogen-bond donors (Lipinski definition) is 1. The summed E-state index contributed by atoms with van der Waals surface area (Å²) in [6.45, 7) is 6.91. The van der Waals surface area contributed by atoms with Crippen LogP contribution in [-0.4, -0.2) is 41.4 Å². The Balaban J connectivity index is 2.03. The van der Waals surface area contributed by atoms with Crippen molar-refractivity contribution in [3.8, 4) is 0 Å². The van der Waals surface area contributed by atoms with Gasteiger partial charge in [0, 0.05) is 13.1 Å². The van der Waals surface area contributed by atoms with Crippen LogP contribution >= 0.6 is 11.6 Å². The van der Waals surface area contributed by atoms with E-state index in [1.165, 1.54) is 24.1 Å². The zero-order valence-corrected chi connectivity index (χ0v) is 13.2. The molecule has 6 heteroatoms. The summed E-state index contributed by atoms with van der Waals surface area (Å²) in [7, 11) is 2.14. The van der Waals surface area contributed by atoms with E-state index in [4.69, 9.17) is 11.6 Å². The van der Waals surface area contributed by atoms with Gasteiger partial charge in [0.2, 0.25) is 0 Å². The standard InChI is InChI=1S/C14H23ClN4O/c1-10(2)19-14(20)13(15)12(8-17-19)16-7-11-5-4-6-18(3)9-11/h8,10-11,16H,4-7,9H2,1-3H3. The fourth-order valence-corrected chi connectivity index (χ4v) is 2.83. The van der Waals surface area contributed by atoms with Crippen LogP contribution in [0.15, 0.2) is 11.0 Å². The molecule has 1 aliphatic heterocycles. The highest BCUT2D eigenvalue weighted by Crippen LogP contribution is 2.19. The van der Waals surface area contributed by atoms with Gasteiger partial charge in [-0.15, -0.1) is 0 Å². The third-order valence-corrected chi connectivity index (χ3v) is 4.10. The summed E-state index contributed by atoms with van der Waals surface area (Å²) in [6.07, 6.45) is 4.09. The van der Waals surface area contributed by atoms with E-state index < -0.39 is 0 Å². The molecule has 0 amide bonds. The molecule has 0 saturated carbocycles. The molecule has 0 radical (unpaired) electrons. The highest BCUT2D eigenvalue weighted by Gasteiger charge is 2.18. The maximum Gasteiger partial charge on any atom is 0.287 e. The largest absolute Gasteiger partial charge is 0.382 e. The second-order valence-electron chi connectivity index (χ2n) is 5.87. The highest BCUT2D eigenvalue weighted by molar-refractivity contribution is 6.32. The first-order chi connectivity index (χ1) is 9.49. The van der Waals surface area contributed by atoms with Crippen molar-refractivity contribution < 1.29 is 0 Å². The number of rotatable bonds is 4. The van der Waals surface area contributed by atoms with E-state index in [0.29, 0.717) is 11.6 Å². The Labute approximate surface area is 124 Å². The van der Waals surface area contributed by atoms with Crippen LogP contribution < -0.4 is 10.9 Å². The molecule has 112 valence electrons. The molecule has 0 aliphatic carbocycles. The minimum Gasteiger partial charge on any atom is -0.382 e. The second-order valence-corrected chi connectivity index (χ2v) is 6.25. The molecule has 2 rings (SSSR count). The van der Waals surface area contributed by atoms with Gasteiger partial charge in [-0.1, -0.05) is 11.6 Å². The number of anilines is 1. The molecule has 1 saturated heterocycles. The average Bonchev–Trinajstić information content (AvgIpc) is 2.40. The van der Waals surface area contributed by atoms with Crippen molar-refractivity contribution in [1.29, 1.82) is 0 Å². The number of nitrogens with zero attached hydrogens (tertiary/aromatic N) is 3. The lowest BCUT2D eigenvalue weighted by atomic mass is 9.98. The van der Waals surface area contributed by atoms with Gasteiger partial charge < -0.3 is 10.2 Å². The first kappa shape index (κ1) is 15.3. The molecule has 1 aromatic heterocycles. The Morgan fingerprint density at radius 3 is 2.95 bits per heavy atom. The lowest BCUT2D eigenvalue weighted by Gasteiger charge is -2.30. The first-order valence-electron chi connectivity index (χ1n) is 7.18. The van der Waals surface area contributed by atoms with Crippen molar-refractivity contribution in [3.63, 3.8) is 0 Å². The minimum absolute atomic E-state index is 0.0149. The Morgan fingerprint density at radius 2 is 2.30 bits per heavy atom. The van der Waals surface area contributed by atoms with Crippen LogP contribution in [0.3, 0.4) is 0 Å². The molecule has 1 aliphatic rings. The van der Waals surface area contributed by atoms with Crippen LogP contribution in [-0.2, 0) is 0 Å². The Bertz CT molecular complexity index is 514. The van der Waals surface area contributed by atoms with Crippen LogP contribution in [0.5, 0.6) is 0 Å². The summed E-state index contributed by atoms with van der Waals surface area (Å²) < 4.78 is 1.40. The topological polar surface area (TPSA) is 50.2 Å². The van der Waals surface area contributed by atoms with Crippen molar-refractivity contribution in [2.24, 2.45) is 5.92 Å². The molecule has 20 heavy (non-hydrogen) atoms. The number of halogens is 1. The van der Waals surface area contributed by atoms with Crippen molar-refractivity contribution in [3.05, 3.63) is 21.6 Å².